The van der Waals surface area contributed by atoms with Gasteiger partial charge in [-0.1, -0.05) is 12.1 Å². The first-order valence-corrected chi connectivity index (χ1v) is 10.4. The predicted molar refractivity (Wildman–Crippen MR) is 126 cm³/mol. The first-order valence-electron chi connectivity index (χ1n) is 10.4. The number of anilines is 1. The second-order valence-corrected chi connectivity index (χ2v) is 7.38. The Labute approximate surface area is 190 Å². The van der Waals surface area contributed by atoms with Gasteiger partial charge in [-0.15, -0.1) is 24.0 Å². The van der Waals surface area contributed by atoms with Crippen LogP contribution in [-0.4, -0.2) is 77.1 Å². The standard InChI is InChI=1S/C21H33FN4O2.HI/c1-23-21(24-9-4-14-28-17-18-7-15-27-16-8-18)26-12-10-25(11-13-26)20-6-3-2-5-19(20)22;/h2-3,5-6,18H,4,7-17H2,1H3,(H,23,24);1H. The third kappa shape index (κ3) is 7.57. The molecule has 0 aliphatic carbocycles. The van der Waals surface area contributed by atoms with E-state index in [-0.39, 0.29) is 29.8 Å². The molecule has 164 valence electrons. The number of benzene rings is 1. The van der Waals surface area contributed by atoms with E-state index in [9.17, 15) is 4.39 Å². The van der Waals surface area contributed by atoms with Gasteiger partial charge in [-0.25, -0.2) is 4.39 Å². The van der Waals surface area contributed by atoms with Crippen LogP contribution in [0.2, 0.25) is 0 Å². The molecule has 0 bridgehead atoms. The molecule has 2 heterocycles. The Morgan fingerprint density at radius 2 is 1.93 bits per heavy atom. The fraction of sp³-hybridized carbons (Fsp3) is 0.667. The number of halogens is 2. The molecule has 2 aliphatic rings. The van der Waals surface area contributed by atoms with Gasteiger partial charge in [-0.3, -0.25) is 4.99 Å². The largest absolute Gasteiger partial charge is 0.381 e. The first kappa shape index (κ1) is 24.1. The summed E-state index contributed by atoms with van der Waals surface area (Å²) in [4.78, 5) is 8.74. The van der Waals surface area contributed by atoms with Crippen molar-refractivity contribution in [1.82, 2.24) is 10.2 Å². The smallest absolute Gasteiger partial charge is 0.193 e. The summed E-state index contributed by atoms with van der Waals surface area (Å²) in [6.45, 7) is 7.42. The lowest BCUT2D eigenvalue weighted by Gasteiger charge is -2.37. The van der Waals surface area contributed by atoms with Gasteiger partial charge >= 0.3 is 0 Å². The summed E-state index contributed by atoms with van der Waals surface area (Å²) < 4.78 is 25.2. The number of para-hydroxylation sites is 1. The van der Waals surface area contributed by atoms with Crippen LogP contribution in [0.15, 0.2) is 29.3 Å². The highest BCUT2D eigenvalue weighted by Gasteiger charge is 2.21. The highest BCUT2D eigenvalue weighted by atomic mass is 127. The Kier molecular flexibility index (Phi) is 11.0. The molecule has 0 atom stereocenters. The van der Waals surface area contributed by atoms with Gasteiger partial charge in [0.15, 0.2) is 5.96 Å². The van der Waals surface area contributed by atoms with Gasteiger partial charge in [0.25, 0.3) is 0 Å². The lowest BCUT2D eigenvalue weighted by Crippen LogP contribution is -2.52. The minimum atomic E-state index is -0.154. The SMILES string of the molecule is CN=C(NCCCOCC1CCOCC1)N1CCN(c2ccccc2F)CC1.I. The van der Waals surface area contributed by atoms with Crippen molar-refractivity contribution in [2.45, 2.75) is 19.3 Å². The molecule has 0 spiro atoms. The maximum absolute atomic E-state index is 14.0. The van der Waals surface area contributed by atoms with Gasteiger partial charge in [0.1, 0.15) is 5.82 Å². The quantitative estimate of drug-likeness (QED) is 0.260. The summed E-state index contributed by atoms with van der Waals surface area (Å²) in [6.07, 6.45) is 3.19. The fourth-order valence-corrected chi connectivity index (χ4v) is 3.74. The zero-order valence-corrected chi connectivity index (χ0v) is 19.6. The fourth-order valence-electron chi connectivity index (χ4n) is 3.74. The summed E-state index contributed by atoms with van der Waals surface area (Å²) in [6, 6.07) is 6.98. The Morgan fingerprint density at radius 3 is 2.62 bits per heavy atom. The number of ether oxygens (including phenoxy) is 2. The molecule has 8 heteroatoms. The maximum atomic E-state index is 14.0. The number of rotatable bonds is 7. The van der Waals surface area contributed by atoms with Gasteiger partial charge in [0, 0.05) is 66.2 Å². The number of guanidine groups is 1. The molecule has 0 aromatic heterocycles. The average molecular weight is 520 g/mol. The van der Waals surface area contributed by atoms with E-state index in [0.29, 0.717) is 11.6 Å². The zero-order chi connectivity index (χ0) is 19.6. The van der Waals surface area contributed by atoms with Gasteiger partial charge < -0.3 is 24.6 Å². The molecule has 0 unspecified atom stereocenters. The Balaban J connectivity index is 0.00000300. The van der Waals surface area contributed by atoms with Crippen molar-refractivity contribution < 1.29 is 13.9 Å². The molecule has 0 radical (unpaired) electrons. The van der Waals surface area contributed by atoms with Gasteiger partial charge in [-0.05, 0) is 37.3 Å². The molecule has 0 saturated carbocycles. The molecular formula is C21H34FIN4O2. The summed E-state index contributed by atoms with van der Waals surface area (Å²) in [5.41, 5.74) is 0.687. The average Bonchev–Trinajstić information content (AvgIpc) is 2.75. The molecule has 1 aromatic rings. The number of aliphatic imine (C=N–C) groups is 1. The van der Waals surface area contributed by atoms with Gasteiger partial charge in [0.05, 0.1) is 5.69 Å². The van der Waals surface area contributed by atoms with Crippen molar-refractivity contribution in [3.8, 4) is 0 Å². The molecule has 6 nitrogen and oxygen atoms in total. The van der Waals surface area contributed by atoms with E-state index in [1.54, 1.807) is 6.07 Å². The minimum Gasteiger partial charge on any atom is -0.381 e. The van der Waals surface area contributed by atoms with E-state index in [1.807, 2.05) is 19.2 Å². The van der Waals surface area contributed by atoms with E-state index in [1.165, 1.54) is 6.07 Å². The Morgan fingerprint density at radius 1 is 1.21 bits per heavy atom. The van der Waals surface area contributed by atoms with Crippen LogP contribution in [0.3, 0.4) is 0 Å². The van der Waals surface area contributed by atoms with E-state index >= 15 is 0 Å². The molecule has 29 heavy (non-hydrogen) atoms. The molecule has 1 aromatic carbocycles. The van der Waals surface area contributed by atoms with Crippen molar-refractivity contribution in [2.24, 2.45) is 10.9 Å². The molecule has 3 rings (SSSR count). The molecule has 2 fully saturated rings. The Bertz CT molecular complexity index is 620. The van der Waals surface area contributed by atoms with Crippen LogP contribution in [0.1, 0.15) is 19.3 Å². The van der Waals surface area contributed by atoms with Crippen molar-refractivity contribution in [1.29, 1.82) is 0 Å². The number of nitrogens with one attached hydrogen (secondary N) is 1. The van der Waals surface area contributed by atoms with E-state index in [0.717, 1.165) is 84.4 Å². The zero-order valence-electron chi connectivity index (χ0n) is 17.3. The second-order valence-electron chi connectivity index (χ2n) is 7.38. The Hall–Kier alpha value is -1.13. The summed E-state index contributed by atoms with van der Waals surface area (Å²) >= 11 is 0. The van der Waals surface area contributed by atoms with E-state index < -0.39 is 0 Å². The van der Waals surface area contributed by atoms with Crippen LogP contribution in [0.4, 0.5) is 10.1 Å². The van der Waals surface area contributed by atoms with Crippen LogP contribution in [0.5, 0.6) is 0 Å². The molecular weight excluding hydrogens is 486 g/mol. The minimum absolute atomic E-state index is 0. The highest BCUT2D eigenvalue weighted by molar-refractivity contribution is 14.0. The van der Waals surface area contributed by atoms with E-state index in [4.69, 9.17) is 9.47 Å². The van der Waals surface area contributed by atoms with Crippen LogP contribution in [-0.2, 0) is 9.47 Å². The normalized spacial score (nSPS) is 18.5. The third-order valence-electron chi connectivity index (χ3n) is 5.43. The van der Waals surface area contributed by atoms with Crippen LogP contribution < -0.4 is 10.2 Å². The highest BCUT2D eigenvalue weighted by Crippen LogP contribution is 2.20. The number of nitrogens with zero attached hydrogens (tertiary/aromatic N) is 3. The number of hydrogen-bond acceptors (Lipinski definition) is 4. The molecule has 2 saturated heterocycles. The first-order chi connectivity index (χ1) is 13.8. The van der Waals surface area contributed by atoms with Crippen LogP contribution in [0.25, 0.3) is 0 Å². The summed E-state index contributed by atoms with van der Waals surface area (Å²) in [7, 11) is 1.81. The van der Waals surface area contributed by atoms with Crippen molar-refractivity contribution >= 4 is 35.6 Å². The molecule has 2 aliphatic heterocycles. The maximum Gasteiger partial charge on any atom is 0.193 e. The topological polar surface area (TPSA) is 49.3 Å². The van der Waals surface area contributed by atoms with Crippen molar-refractivity contribution in [2.75, 3.05) is 71.1 Å². The van der Waals surface area contributed by atoms with Crippen LogP contribution in [0, 0.1) is 11.7 Å². The monoisotopic (exact) mass is 520 g/mol. The second kappa shape index (κ2) is 13.2. The third-order valence-corrected chi connectivity index (χ3v) is 5.43. The lowest BCUT2D eigenvalue weighted by molar-refractivity contribution is 0.0203. The predicted octanol–water partition coefficient (Wildman–Crippen LogP) is 2.97. The van der Waals surface area contributed by atoms with Gasteiger partial charge in [-0.2, -0.15) is 0 Å². The van der Waals surface area contributed by atoms with Crippen molar-refractivity contribution in [3.05, 3.63) is 30.1 Å². The van der Waals surface area contributed by atoms with Crippen LogP contribution >= 0.6 is 24.0 Å². The van der Waals surface area contributed by atoms with Crippen molar-refractivity contribution in [3.63, 3.8) is 0 Å². The number of hydrogen-bond donors (Lipinski definition) is 1. The van der Waals surface area contributed by atoms with Gasteiger partial charge in [0.2, 0.25) is 0 Å². The molecule has 1 N–H and O–H groups in total. The summed E-state index contributed by atoms with van der Waals surface area (Å²) in [5.74, 6) is 1.41. The lowest BCUT2D eigenvalue weighted by atomic mass is 10.0. The van der Waals surface area contributed by atoms with E-state index in [2.05, 4.69) is 20.1 Å². The number of piperazine rings is 1. The molecule has 0 amide bonds. The summed E-state index contributed by atoms with van der Waals surface area (Å²) in [5, 5.41) is 3.43.